The molecule has 21 heavy (non-hydrogen) atoms. The Balaban J connectivity index is 2.50. The maximum atomic E-state index is 12.9. The summed E-state index contributed by atoms with van der Waals surface area (Å²) in [5.41, 5.74) is 0.546. The lowest BCUT2D eigenvalue weighted by Crippen LogP contribution is -2.46. The van der Waals surface area contributed by atoms with Crippen LogP contribution in [0, 0.1) is 5.82 Å². The van der Waals surface area contributed by atoms with Crippen molar-refractivity contribution in [2.45, 2.75) is 19.0 Å². The highest BCUT2D eigenvalue weighted by Crippen LogP contribution is 2.16. The summed E-state index contributed by atoms with van der Waals surface area (Å²) >= 11 is 7.33. The van der Waals surface area contributed by atoms with Crippen molar-refractivity contribution in [3.8, 4) is 0 Å². The Labute approximate surface area is 131 Å². The van der Waals surface area contributed by atoms with Crippen LogP contribution in [0.1, 0.15) is 12.0 Å². The molecule has 0 heterocycles. The normalized spacial score (nSPS) is 11.8. The molecule has 1 unspecified atom stereocenters. The monoisotopic (exact) mass is 334 g/mol. The number of benzene rings is 1. The maximum absolute atomic E-state index is 12.9. The number of aliphatic carboxylic acids is 1. The molecule has 0 aliphatic carbocycles. The number of rotatable bonds is 7. The van der Waals surface area contributed by atoms with Gasteiger partial charge >= 0.3 is 12.0 Å². The van der Waals surface area contributed by atoms with Crippen LogP contribution in [0.3, 0.4) is 0 Å². The molecule has 0 aliphatic rings. The fraction of sp³-hybridized carbons (Fsp3) is 0.385. The van der Waals surface area contributed by atoms with Crippen LogP contribution < -0.4 is 10.6 Å². The first-order valence-electron chi connectivity index (χ1n) is 6.14. The molecular weight excluding hydrogens is 319 g/mol. The standard InChI is InChI=1S/C13H16ClFN2O3S/c1-21-5-4-11(12(18)19)17-13(20)16-7-8-2-3-9(15)6-10(8)14/h2-3,6,11H,4-5,7H2,1H3,(H,18,19)(H2,16,17,20). The number of carboxylic acid groups (broad SMARTS) is 1. The molecule has 0 saturated carbocycles. The van der Waals surface area contributed by atoms with E-state index in [-0.39, 0.29) is 11.6 Å². The number of urea groups is 1. The highest BCUT2D eigenvalue weighted by molar-refractivity contribution is 7.98. The zero-order chi connectivity index (χ0) is 15.8. The molecule has 1 aromatic carbocycles. The second-order valence-corrected chi connectivity index (χ2v) is 5.63. The van der Waals surface area contributed by atoms with E-state index in [2.05, 4.69) is 10.6 Å². The minimum Gasteiger partial charge on any atom is -0.480 e. The van der Waals surface area contributed by atoms with Crippen molar-refractivity contribution in [1.29, 1.82) is 0 Å². The van der Waals surface area contributed by atoms with Crippen molar-refractivity contribution in [1.82, 2.24) is 10.6 Å². The van der Waals surface area contributed by atoms with Gasteiger partial charge in [0.15, 0.2) is 0 Å². The first kappa shape index (κ1) is 17.6. The van der Waals surface area contributed by atoms with Gasteiger partial charge < -0.3 is 15.7 Å². The van der Waals surface area contributed by atoms with Crippen LogP contribution in [-0.2, 0) is 11.3 Å². The number of hydrogen-bond donors (Lipinski definition) is 3. The zero-order valence-electron chi connectivity index (χ0n) is 11.4. The number of halogens is 2. The predicted octanol–water partition coefficient (Wildman–Crippen LogP) is 2.48. The number of nitrogens with one attached hydrogen (secondary N) is 2. The molecule has 116 valence electrons. The predicted molar refractivity (Wildman–Crippen MR) is 81.2 cm³/mol. The first-order valence-corrected chi connectivity index (χ1v) is 7.91. The van der Waals surface area contributed by atoms with Crippen molar-refractivity contribution in [2.24, 2.45) is 0 Å². The first-order chi connectivity index (χ1) is 9.93. The molecule has 0 fully saturated rings. The van der Waals surface area contributed by atoms with Crippen LogP contribution in [0.5, 0.6) is 0 Å². The minimum absolute atomic E-state index is 0.0831. The van der Waals surface area contributed by atoms with Gasteiger partial charge in [-0.15, -0.1) is 0 Å². The molecule has 0 aromatic heterocycles. The molecule has 3 N–H and O–H groups in total. The van der Waals surface area contributed by atoms with Gasteiger partial charge in [-0.3, -0.25) is 0 Å². The van der Waals surface area contributed by atoms with E-state index in [0.717, 1.165) is 6.07 Å². The van der Waals surface area contributed by atoms with Crippen molar-refractivity contribution in [2.75, 3.05) is 12.0 Å². The molecule has 5 nitrogen and oxygen atoms in total. The quantitative estimate of drug-likeness (QED) is 0.716. The molecule has 1 atom stereocenters. The summed E-state index contributed by atoms with van der Waals surface area (Å²) in [5, 5.41) is 14.1. The summed E-state index contributed by atoms with van der Waals surface area (Å²) in [5.74, 6) is -0.920. The summed E-state index contributed by atoms with van der Waals surface area (Å²) in [6.45, 7) is 0.0831. The van der Waals surface area contributed by atoms with Gasteiger partial charge in [-0.25, -0.2) is 14.0 Å². The molecule has 1 rings (SSSR count). The van der Waals surface area contributed by atoms with Gasteiger partial charge in [0.25, 0.3) is 0 Å². The lowest BCUT2D eigenvalue weighted by Gasteiger charge is -2.15. The average molecular weight is 335 g/mol. The molecule has 2 amide bonds. The molecule has 0 aliphatic heterocycles. The largest absolute Gasteiger partial charge is 0.480 e. The van der Waals surface area contributed by atoms with E-state index < -0.39 is 23.9 Å². The van der Waals surface area contributed by atoms with Crippen LogP contribution >= 0.6 is 23.4 Å². The fourth-order valence-corrected chi connectivity index (χ4v) is 2.25. The topological polar surface area (TPSA) is 78.4 Å². The Kier molecular flexibility index (Phi) is 7.31. The third kappa shape index (κ3) is 6.22. The Morgan fingerprint density at radius 2 is 2.19 bits per heavy atom. The Morgan fingerprint density at radius 1 is 1.48 bits per heavy atom. The smallest absolute Gasteiger partial charge is 0.326 e. The minimum atomic E-state index is -1.08. The lowest BCUT2D eigenvalue weighted by molar-refractivity contribution is -0.139. The van der Waals surface area contributed by atoms with E-state index in [9.17, 15) is 14.0 Å². The fourth-order valence-electron chi connectivity index (χ4n) is 1.54. The van der Waals surface area contributed by atoms with Crippen molar-refractivity contribution in [3.05, 3.63) is 34.6 Å². The van der Waals surface area contributed by atoms with Gasteiger partial charge in [0.1, 0.15) is 11.9 Å². The van der Waals surface area contributed by atoms with E-state index in [4.69, 9.17) is 16.7 Å². The van der Waals surface area contributed by atoms with Crippen LogP contribution in [0.4, 0.5) is 9.18 Å². The lowest BCUT2D eigenvalue weighted by atomic mass is 10.2. The van der Waals surface area contributed by atoms with E-state index in [1.54, 1.807) is 0 Å². The molecule has 0 bridgehead atoms. The van der Waals surface area contributed by atoms with Crippen molar-refractivity contribution in [3.63, 3.8) is 0 Å². The van der Waals surface area contributed by atoms with Crippen LogP contribution in [0.2, 0.25) is 5.02 Å². The van der Waals surface area contributed by atoms with E-state index in [0.29, 0.717) is 17.7 Å². The van der Waals surface area contributed by atoms with Crippen LogP contribution in [0.15, 0.2) is 18.2 Å². The summed E-state index contributed by atoms with van der Waals surface area (Å²) in [6, 6.07) is 2.29. The Hall–Kier alpha value is -1.47. The van der Waals surface area contributed by atoms with E-state index >= 15 is 0 Å². The average Bonchev–Trinajstić information content (AvgIpc) is 2.42. The molecular formula is C13H16ClFN2O3S. The van der Waals surface area contributed by atoms with Gasteiger partial charge in [-0.2, -0.15) is 11.8 Å². The van der Waals surface area contributed by atoms with Gasteiger partial charge in [0, 0.05) is 11.6 Å². The van der Waals surface area contributed by atoms with Gasteiger partial charge in [0.2, 0.25) is 0 Å². The number of carbonyl (C=O) groups is 2. The second-order valence-electron chi connectivity index (χ2n) is 4.24. The SMILES string of the molecule is CSCCC(NC(=O)NCc1ccc(F)cc1Cl)C(=O)O. The summed E-state index contributed by atoms with van der Waals surface area (Å²) in [4.78, 5) is 22.7. The van der Waals surface area contributed by atoms with E-state index in [1.807, 2.05) is 6.26 Å². The molecule has 8 heteroatoms. The van der Waals surface area contributed by atoms with Crippen molar-refractivity contribution < 1.29 is 19.1 Å². The Bertz CT molecular complexity index is 516. The third-order valence-electron chi connectivity index (χ3n) is 2.67. The van der Waals surface area contributed by atoms with E-state index in [1.165, 1.54) is 23.9 Å². The number of hydrogen-bond acceptors (Lipinski definition) is 3. The highest BCUT2D eigenvalue weighted by atomic mass is 35.5. The van der Waals surface area contributed by atoms with Crippen molar-refractivity contribution >= 4 is 35.4 Å². The molecule has 0 spiro atoms. The molecule has 0 radical (unpaired) electrons. The second kappa shape index (κ2) is 8.74. The maximum Gasteiger partial charge on any atom is 0.326 e. The zero-order valence-corrected chi connectivity index (χ0v) is 12.9. The van der Waals surface area contributed by atoms with Gasteiger partial charge in [0.05, 0.1) is 0 Å². The molecule has 1 aromatic rings. The number of carbonyl (C=O) groups excluding carboxylic acids is 1. The van der Waals surface area contributed by atoms with Gasteiger partial charge in [-0.1, -0.05) is 17.7 Å². The number of carboxylic acids is 1. The Morgan fingerprint density at radius 3 is 2.76 bits per heavy atom. The van der Waals surface area contributed by atoms with Gasteiger partial charge in [-0.05, 0) is 36.1 Å². The number of amides is 2. The molecule has 0 saturated heterocycles. The third-order valence-corrected chi connectivity index (χ3v) is 3.66. The highest BCUT2D eigenvalue weighted by Gasteiger charge is 2.19. The summed E-state index contributed by atoms with van der Waals surface area (Å²) in [6.07, 6.45) is 2.19. The summed E-state index contributed by atoms with van der Waals surface area (Å²) in [7, 11) is 0. The van der Waals surface area contributed by atoms with Crippen LogP contribution in [-0.4, -0.2) is 35.2 Å². The van der Waals surface area contributed by atoms with Crippen LogP contribution in [0.25, 0.3) is 0 Å². The summed E-state index contributed by atoms with van der Waals surface area (Å²) < 4.78 is 12.9. The number of thioether (sulfide) groups is 1.